The molecule has 2 aliphatic rings. The van der Waals surface area contributed by atoms with Gasteiger partial charge in [-0.2, -0.15) is 16.8 Å². The number of thioether (sulfide) groups is 1. The smallest absolute Gasteiger partial charge is 0.235 e. The molecule has 0 amide bonds. The van der Waals surface area contributed by atoms with Gasteiger partial charge in [-0.25, -0.2) is 4.79 Å². The molecule has 1 aliphatic carbocycles. The largest absolute Gasteiger partial charge is 0.487 e. The van der Waals surface area contributed by atoms with Crippen LogP contribution in [0.3, 0.4) is 0 Å². The maximum Gasteiger partial charge on any atom is 0.235 e. The van der Waals surface area contributed by atoms with E-state index in [2.05, 4.69) is 4.99 Å². The molecular formula is C15H16ClNO2S. The molecule has 106 valence electrons. The fourth-order valence-corrected chi connectivity index (χ4v) is 3.65. The summed E-state index contributed by atoms with van der Waals surface area (Å²) in [4.78, 5) is 14.8. The molecule has 1 saturated carbocycles. The van der Waals surface area contributed by atoms with Gasteiger partial charge in [-0.3, -0.25) is 0 Å². The lowest BCUT2D eigenvalue weighted by Gasteiger charge is -2.27. The second kappa shape index (κ2) is 5.80. The van der Waals surface area contributed by atoms with E-state index >= 15 is 0 Å². The number of halogens is 1. The normalized spacial score (nSPS) is 21.1. The Morgan fingerprint density at radius 1 is 1.35 bits per heavy atom. The standard InChI is InChI=1S/C15H16ClNO2S/c16-13-7-11(15(17-10-18)5-1-2-6-15)3-4-14(13)19-12-8-20-9-12/h3-4,7,12H,1-2,5-6,8-9H2. The average molecular weight is 310 g/mol. The highest BCUT2D eigenvalue weighted by molar-refractivity contribution is 8.00. The Morgan fingerprint density at radius 3 is 2.65 bits per heavy atom. The number of hydrogen-bond acceptors (Lipinski definition) is 4. The van der Waals surface area contributed by atoms with Crippen LogP contribution in [-0.4, -0.2) is 23.7 Å². The van der Waals surface area contributed by atoms with Crippen LogP contribution in [0, 0.1) is 0 Å². The zero-order valence-electron chi connectivity index (χ0n) is 11.1. The minimum Gasteiger partial charge on any atom is -0.487 e. The van der Waals surface area contributed by atoms with Crippen molar-refractivity contribution in [1.82, 2.24) is 0 Å². The fourth-order valence-electron chi connectivity index (χ4n) is 2.86. The number of hydrogen-bond donors (Lipinski definition) is 0. The van der Waals surface area contributed by atoms with Gasteiger partial charge in [0, 0.05) is 11.5 Å². The summed E-state index contributed by atoms with van der Waals surface area (Å²) in [5.41, 5.74) is 0.578. The first-order chi connectivity index (χ1) is 9.73. The third-order valence-electron chi connectivity index (χ3n) is 4.06. The second-order valence-corrected chi connectivity index (χ2v) is 6.85. The Bertz CT molecular complexity index is 547. The highest BCUT2D eigenvalue weighted by Gasteiger charge is 2.36. The van der Waals surface area contributed by atoms with Gasteiger partial charge in [0.15, 0.2) is 0 Å². The Hall–Kier alpha value is -0.960. The number of carbonyl (C=O) groups excluding carboxylic acids is 1. The molecule has 0 atom stereocenters. The van der Waals surface area contributed by atoms with Crippen molar-refractivity contribution in [3.8, 4) is 5.75 Å². The molecule has 20 heavy (non-hydrogen) atoms. The summed E-state index contributed by atoms with van der Waals surface area (Å²) in [5, 5.41) is 0.603. The van der Waals surface area contributed by atoms with E-state index in [-0.39, 0.29) is 6.10 Å². The summed E-state index contributed by atoms with van der Waals surface area (Å²) in [6, 6.07) is 5.79. The average Bonchev–Trinajstić information content (AvgIpc) is 2.85. The Kier molecular flexibility index (Phi) is 4.06. The minimum absolute atomic E-state index is 0.275. The molecule has 0 bridgehead atoms. The lowest BCUT2D eigenvalue weighted by molar-refractivity contribution is 0.240. The number of aliphatic imine (C=N–C) groups is 1. The van der Waals surface area contributed by atoms with E-state index in [1.54, 1.807) is 6.08 Å². The van der Waals surface area contributed by atoms with Crippen molar-refractivity contribution in [3.05, 3.63) is 28.8 Å². The molecule has 0 radical (unpaired) electrons. The molecule has 3 nitrogen and oxygen atoms in total. The fraction of sp³-hybridized carbons (Fsp3) is 0.533. The summed E-state index contributed by atoms with van der Waals surface area (Å²) in [6.45, 7) is 0. The van der Waals surface area contributed by atoms with E-state index in [9.17, 15) is 4.79 Å². The molecule has 5 heteroatoms. The van der Waals surface area contributed by atoms with Crippen LogP contribution in [0.2, 0.25) is 5.02 Å². The van der Waals surface area contributed by atoms with Gasteiger partial charge in [-0.05, 0) is 30.5 Å². The number of rotatable bonds is 4. The van der Waals surface area contributed by atoms with Crippen molar-refractivity contribution in [2.24, 2.45) is 4.99 Å². The van der Waals surface area contributed by atoms with Crippen LogP contribution in [-0.2, 0) is 10.3 Å². The van der Waals surface area contributed by atoms with E-state index in [1.165, 1.54) is 0 Å². The molecule has 0 unspecified atom stereocenters. The van der Waals surface area contributed by atoms with Crippen molar-refractivity contribution < 1.29 is 9.53 Å². The number of nitrogens with zero attached hydrogens (tertiary/aromatic N) is 1. The molecule has 0 spiro atoms. The van der Waals surface area contributed by atoms with E-state index in [0.29, 0.717) is 5.02 Å². The van der Waals surface area contributed by atoms with Gasteiger partial charge < -0.3 is 4.74 Å². The van der Waals surface area contributed by atoms with Crippen LogP contribution in [0.25, 0.3) is 0 Å². The Balaban J connectivity index is 1.86. The predicted octanol–water partition coefficient (Wildman–Crippen LogP) is 3.94. The zero-order valence-corrected chi connectivity index (χ0v) is 12.7. The lowest BCUT2D eigenvalue weighted by Crippen LogP contribution is -2.31. The SMILES string of the molecule is O=C=NC1(c2ccc(OC3CSC3)c(Cl)c2)CCCC1. The molecule has 1 saturated heterocycles. The van der Waals surface area contributed by atoms with Gasteiger partial charge in [-0.1, -0.05) is 30.5 Å². The van der Waals surface area contributed by atoms with E-state index < -0.39 is 5.54 Å². The van der Waals surface area contributed by atoms with Gasteiger partial charge in [0.25, 0.3) is 0 Å². The molecule has 1 heterocycles. The Morgan fingerprint density at radius 2 is 2.10 bits per heavy atom. The van der Waals surface area contributed by atoms with Crippen molar-refractivity contribution in [3.63, 3.8) is 0 Å². The third-order valence-corrected chi connectivity index (χ3v) is 5.57. The minimum atomic E-state index is -0.420. The van der Waals surface area contributed by atoms with E-state index in [4.69, 9.17) is 16.3 Å². The molecular weight excluding hydrogens is 294 g/mol. The monoisotopic (exact) mass is 309 g/mol. The quantitative estimate of drug-likeness (QED) is 0.624. The van der Waals surface area contributed by atoms with Crippen LogP contribution in [0.15, 0.2) is 23.2 Å². The maximum atomic E-state index is 10.7. The highest BCUT2D eigenvalue weighted by atomic mass is 35.5. The van der Waals surface area contributed by atoms with Crippen molar-refractivity contribution in [1.29, 1.82) is 0 Å². The van der Waals surface area contributed by atoms with Crippen molar-refractivity contribution in [2.45, 2.75) is 37.3 Å². The molecule has 1 aromatic rings. The second-order valence-electron chi connectivity index (χ2n) is 5.36. The van der Waals surface area contributed by atoms with Gasteiger partial charge in [0.05, 0.1) is 10.6 Å². The summed E-state index contributed by atoms with van der Waals surface area (Å²) < 4.78 is 5.83. The van der Waals surface area contributed by atoms with E-state index in [1.807, 2.05) is 30.0 Å². The van der Waals surface area contributed by atoms with Crippen LogP contribution >= 0.6 is 23.4 Å². The molecule has 0 N–H and O–H groups in total. The van der Waals surface area contributed by atoms with Crippen molar-refractivity contribution >= 4 is 29.4 Å². The van der Waals surface area contributed by atoms with Gasteiger partial charge in [0.2, 0.25) is 6.08 Å². The molecule has 1 aromatic carbocycles. The summed E-state index contributed by atoms with van der Waals surface area (Å²) in [5.74, 6) is 2.78. The van der Waals surface area contributed by atoms with Crippen LogP contribution in [0.4, 0.5) is 0 Å². The van der Waals surface area contributed by atoms with Crippen LogP contribution in [0.1, 0.15) is 31.2 Å². The van der Waals surface area contributed by atoms with Crippen LogP contribution < -0.4 is 4.74 Å². The molecule has 2 fully saturated rings. The molecule has 1 aliphatic heterocycles. The maximum absolute atomic E-state index is 10.7. The molecule has 3 rings (SSSR count). The molecule has 0 aromatic heterocycles. The predicted molar refractivity (Wildman–Crippen MR) is 81.5 cm³/mol. The number of ether oxygens (including phenoxy) is 1. The van der Waals surface area contributed by atoms with Crippen LogP contribution in [0.5, 0.6) is 5.75 Å². The lowest BCUT2D eigenvalue weighted by atomic mass is 9.89. The number of benzene rings is 1. The first kappa shape index (κ1) is 14.0. The van der Waals surface area contributed by atoms with Crippen molar-refractivity contribution in [2.75, 3.05) is 11.5 Å². The topological polar surface area (TPSA) is 38.7 Å². The van der Waals surface area contributed by atoms with Gasteiger partial charge in [-0.15, -0.1) is 0 Å². The van der Waals surface area contributed by atoms with E-state index in [0.717, 1.165) is 48.5 Å². The van der Waals surface area contributed by atoms with Gasteiger partial charge in [0.1, 0.15) is 11.9 Å². The summed E-state index contributed by atoms with van der Waals surface area (Å²) >= 11 is 8.20. The first-order valence-electron chi connectivity index (χ1n) is 6.87. The summed E-state index contributed by atoms with van der Waals surface area (Å²) in [6.07, 6.45) is 5.95. The Labute approximate surface area is 127 Å². The number of isocyanates is 1. The highest BCUT2D eigenvalue weighted by Crippen LogP contribution is 2.44. The van der Waals surface area contributed by atoms with Gasteiger partial charge >= 0.3 is 0 Å². The third kappa shape index (κ3) is 2.60. The summed E-state index contributed by atoms with van der Waals surface area (Å²) in [7, 11) is 0. The zero-order chi connectivity index (χ0) is 14.0. The first-order valence-corrected chi connectivity index (χ1v) is 8.40.